The lowest BCUT2D eigenvalue weighted by molar-refractivity contribution is 0.0428. The number of benzene rings is 4. The van der Waals surface area contributed by atoms with Gasteiger partial charge in [0, 0.05) is 4.47 Å². The van der Waals surface area contributed by atoms with Gasteiger partial charge in [0.25, 0.3) is 0 Å². The molecule has 4 heteroatoms. The Balaban J connectivity index is 1.50. The third-order valence-electron chi connectivity index (χ3n) is 6.74. The van der Waals surface area contributed by atoms with Crippen LogP contribution in [-0.2, 0) is 16.8 Å². The van der Waals surface area contributed by atoms with Crippen molar-refractivity contribution in [1.82, 2.24) is 0 Å². The molecule has 0 bridgehead atoms. The Morgan fingerprint density at radius 1 is 0.800 bits per heavy atom. The summed E-state index contributed by atoms with van der Waals surface area (Å²) in [4.78, 5) is 5.06. The minimum atomic E-state index is -1.28. The molecule has 1 aliphatic heterocycles. The van der Waals surface area contributed by atoms with E-state index in [1.54, 1.807) is 0 Å². The molecule has 1 N–H and O–H groups in total. The van der Waals surface area contributed by atoms with Gasteiger partial charge in [0.05, 0.1) is 5.92 Å². The lowest BCUT2D eigenvalue weighted by atomic mass is 9.80. The second-order valence-electron chi connectivity index (χ2n) is 8.89. The zero-order valence-electron chi connectivity index (χ0n) is 19.4. The van der Waals surface area contributed by atoms with Crippen LogP contribution in [-0.4, -0.2) is 23.7 Å². The molecule has 0 aromatic heterocycles. The van der Waals surface area contributed by atoms with Crippen LogP contribution in [0.5, 0.6) is 0 Å². The molecule has 0 aliphatic carbocycles. The van der Waals surface area contributed by atoms with Crippen molar-refractivity contribution in [2.45, 2.75) is 30.4 Å². The van der Waals surface area contributed by atoms with Crippen LogP contribution < -0.4 is 0 Å². The number of aliphatic hydroxyl groups is 1. The molecule has 0 spiro atoms. The molecule has 176 valence electrons. The van der Waals surface area contributed by atoms with Gasteiger partial charge >= 0.3 is 0 Å². The van der Waals surface area contributed by atoms with Crippen molar-refractivity contribution in [2.75, 3.05) is 6.61 Å². The van der Waals surface area contributed by atoms with Crippen molar-refractivity contribution in [3.63, 3.8) is 0 Å². The molecule has 1 heterocycles. The Bertz CT molecular complexity index is 1240. The van der Waals surface area contributed by atoms with E-state index in [-0.39, 0.29) is 5.92 Å². The fourth-order valence-corrected chi connectivity index (χ4v) is 5.34. The Kier molecular flexibility index (Phi) is 7.12. The van der Waals surface area contributed by atoms with E-state index in [1.165, 1.54) is 11.1 Å². The second-order valence-corrected chi connectivity index (χ2v) is 9.74. The fraction of sp³-hybridized carbons (Fsp3) is 0.194. The summed E-state index contributed by atoms with van der Waals surface area (Å²) in [7, 11) is 0. The van der Waals surface area contributed by atoms with Crippen LogP contribution in [0.3, 0.4) is 0 Å². The number of nitrogens with zero attached hydrogens (tertiary/aromatic N) is 1. The predicted octanol–water partition coefficient (Wildman–Crippen LogP) is 6.90. The lowest BCUT2D eigenvalue weighted by Crippen LogP contribution is -2.40. The van der Waals surface area contributed by atoms with Gasteiger partial charge in [-0.1, -0.05) is 125 Å². The van der Waals surface area contributed by atoms with Gasteiger partial charge < -0.3 is 9.84 Å². The molecule has 2 atom stereocenters. The minimum Gasteiger partial charge on any atom is -0.478 e. The van der Waals surface area contributed by atoms with Crippen molar-refractivity contribution in [1.29, 1.82) is 0 Å². The largest absolute Gasteiger partial charge is 0.478 e. The van der Waals surface area contributed by atoms with Crippen molar-refractivity contribution < 1.29 is 9.84 Å². The number of hydrogen-bond donors (Lipinski definition) is 1. The fourth-order valence-electron chi connectivity index (χ4n) is 4.85. The van der Waals surface area contributed by atoms with Gasteiger partial charge in [0.2, 0.25) is 0 Å². The number of rotatable bonds is 8. The highest BCUT2D eigenvalue weighted by Gasteiger charge is 2.44. The zero-order valence-corrected chi connectivity index (χ0v) is 21.0. The summed E-state index contributed by atoms with van der Waals surface area (Å²) in [5.74, 6) is 0.697. The highest BCUT2D eigenvalue weighted by atomic mass is 79.9. The quantitative estimate of drug-likeness (QED) is 0.272. The third-order valence-corrected chi connectivity index (χ3v) is 7.52. The molecule has 4 aromatic rings. The smallest absolute Gasteiger partial charge is 0.191 e. The van der Waals surface area contributed by atoms with Gasteiger partial charge in [-0.2, -0.15) is 0 Å². The van der Waals surface area contributed by atoms with Crippen molar-refractivity contribution in [3.8, 4) is 0 Å². The summed E-state index contributed by atoms with van der Waals surface area (Å²) in [6.07, 6.45) is 1.74. The molecular formula is C31H28BrNO2. The van der Waals surface area contributed by atoms with Crippen LogP contribution >= 0.6 is 15.9 Å². The highest BCUT2D eigenvalue weighted by molar-refractivity contribution is 9.10. The lowest BCUT2D eigenvalue weighted by Gasteiger charge is -2.32. The molecule has 35 heavy (non-hydrogen) atoms. The Hall–Kier alpha value is -3.21. The van der Waals surface area contributed by atoms with Crippen molar-refractivity contribution in [2.24, 2.45) is 4.99 Å². The summed E-state index contributed by atoms with van der Waals surface area (Å²) in [6, 6.07) is 37.8. The van der Waals surface area contributed by atoms with Gasteiger partial charge in [-0.25, -0.2) is 4.99 Å². The molecule has 0 saturated carbocycles. The Morgan fingerprint density at radius 2 is 1.34 bits per heavy atom. The van der Waals surface area contributed by atoms with Crippen LogP contribution in [0.15, 0.2) is 125 Å². The average molecular weight is 526 g/mol. The topological polar surface area (TPSA) is 41.8 Å². The van der Waals surface area contributed by atoms with Gasteiger partial charge in [-0.15, -0.1) is 0 Å². The van der Waals surface area contributed by atoms with E-state index in [9.17, 15) is 5.11 Å². The first kappa shape index (κ1) is 23.5. The molecule has 0 fully saturated rings. The van der Waals surface area contributed by atoms with E-state index in [0.29, 0.717) is 12.5 Å². The molecule has 1 aliphatic rings. The Labute approximate surface area is 215 Å². The molecule has 0 radical (unpaired) electrons. The average Bonchev–Trinajstić information content (AvgIpc) is 3.41. The minimum absolute atomic E-state index is 0.00380. The summed E-state index contributed by atoms with van der Waals surface area (Å²) < 4.78 is 7.38. The first-order chi connectivity index (χ1) is 17.2. The molecule has 0 amide bonds. The number of halogens is 1. The van der Waals surface area contributed by atoms with Gasteiger partial charge in [0.15, 0.2) is 5.90 Å². The molecule has 3 nitrogen and oxygen atoms in total. The summed E-state index contributed by atoms with van der Waals surface area (Å²) in [6.45, 7) is 0.327. The second kappa shape index (κ2) is 10.6. The number of aryl methyl sites for hydroxylation is 1. The van der Waals surface area contributed by atoms with E-state index in [1.807, 2.05) is 72.8 Å². The van der Waals surface area contributed by atoms with E-state index in [0.717, 1.165) is 28.4 Å². The van der Waals surface area contributed by atoms with Crippen LogP contribution in [0.25, 0.3) is 0 Å². The van der Waals surface area contributed by atoms with E-state index >= 15 is 0 Å². The van der Waals surface area contributed by atoms with Gasteiger partial charge in [0.1, 0.15) is 18.2 Å². The number of aliphatic imine (C=N–C) groups is 1. The molecule has 0 saturated heterocycles. The monoisotopic (exact) mass is 525 g/mol. The number of ether oxygens (including phenoxy) is 1. The van der Waals surface area contributed by atoms with E-state index in [4.69, 9.17) is 9.73 Å². The van der Waals surface area contributed by atoms with Crippen molar-refractivity contribution in [3.05, 3.63) is 142 Å². The zero-order chi connectivity index (χ0) is 24.1. The maximum atomic E-state index is 12.2. The predicted molar refractivity (Wildman–Crippen MR) is 145 cm³/mol. The third kappa shape index (κ3) is 4.95. The molecule has 4 aromatic carbocycles. The normalized spacial score (nSPS) is 16.4. The van der Waals surface area contributed by atoms with Gasteiger partial charge in [-0.05, 0) is 41.2 Å². The SMILES string of the molecule is OC(c1ccccc1)(c1ccccc1)[C@H]1COC(C(CCc2ccccc2Br)c2ccccc2)=N1. The number of hydrogen-bond acceptors (Lipinski definition) is 3. The molecular weight excluding hydrogens is 498 g/mol. The highest BCUT2D eigenvalue weighted by Crippen LogP contribution is 2.38. The molecule has 1 unspecified atom stereocenters. The maximum Gasteiger partial charge on any atom is 0.191 e. The van der Waals surface area contributed by atoms with E-state index < -0.39 is 11.6 Å². The summed E-state index contributed by atoms with van der Waals surface area (Å²) in [5.41, 5.74) is 2.77. The molecule has 5 rings (SSSR count). The van der Waals surface area contributed by atoms with Crippen LogP contribution in [0.1, 0.15) is 34.6 Å². The first-order valence-corrected chi connectivity index (χ1v) is 12.8. The van der Waals surface area contributed by atoms with Gasteiger partial charge in [-0.3, -0.25) is 0 Å². The van der Waals surface area contributed by atoms with Crippen molar-refractivity contribution >= 4 is 21.8 Å². The van der Waals surface area contributed by atoms with Crippen LogP contribution in [0, 0.1) is 0 Å². The van der Waals surface area contributed by atoms with Crippen LogP contribution in [0.2, 0.25) is 0 Å². The van der Waals surface area contributed by atoms with Crippen LogP contribution in [0.4, 0.5) is 0 Å². The standard InChI is InChI=1S/C31H28BrNO2/c32-28-19-11-10-14-24(28)20-21-27(23-12-4-1-5-13-23)30-33-29(22-35-30)31(34,25-15-6-2-7-16-25)26-17-8-3-9-18-26/h1-19,27,29,34H,20-22H2/t27?,29-/m1/s1. The Morgan fingerprint density at radius 3 is 1.94 bits per heavy atom. The first-order valence-electron chi connectivity index (χ1n) is 12.0. The summed E-state index contributed by atoms with van der Waals surface area (Å²) in [5, 5.41) is 12.2. The van der Waals surface area contributed by atoms with E-state index in [2.05, 4.69) is 58.4 Å². The maximum absolute atomic E-state index is 12.2. The summed E-state index contributed by atoms with van der Waals surface area (Å²) >= 11 is 3.68.